The van der Waals surface area contributed by atoms with Crippen LogP contribution in [0.5, 0.6) is 5.75 Å². The Hall–Kier alpha value is -2.12. The van der Waals surface area contributed by atoms with Gasteiger partial charge in [0.2, 0.25) is 11.8 Å². The topological polar surface area (TPSA) is 65.1 Å². The molecule has 5 rings (SSSR count). The van der Waals surface area contributed by atoms with Crippen LogP contribution in [-0.4, -0.2) is 79.1 Å². The van der Waals surface area contributed by atoms with Gasteiger partial charge in [0.1, 0.15) is 11.3 Å². The molecule has 7 nitrogen and oxygen atoms in total. The standard InChI is InChI=1S/C25H36N4O3/c1-25(26-20-9-10-20)17-23(30)29(24(25)31)12-4-11-27-13-15-28(16-14-27)21-5-2-3-6-22(21)32-18-19-7-8-19/h2-3,5-6,19-20,26H,4,7-18H2,1H3. The summed E-state index contributed by atoms with van der Waals surface area (Å²) in [6.07, 6.45) is 5.94. The highest BCUT2D eigenvalue weighted by molar-refractivity contribution is 6.08. The second kappa shape index (κ2) is 9.02. The minimum absolute atomic E-state index is 0.0294. The fraction of sp³-hybridized carbons (Fsp3) is 0.680. The average molecular weight is 441 g/mol. The van der Waals surface area contributed by atoms with E-state index in [0.29, 0.717) is 19.0 Å². The third kappa shape index (κ3) is 4.94. The van der Waals surface area contributed by atoms with Gasteiger partial charge >= 0.3 is 0 Å². The molecule has 1 aromatic carbocycles. The molecular formula is C25H36N4O3. The van der Waals surface area contributed by atoms with Gasteiger partial charge in [-0.15, -0.1) is 0 Å². The highest BCUT2D eigenvalue weighted by atomic mass is 16.5. The molecule has 4 fully saturated rings. The summed E-state index contributed by atoms with van der Waals surface area (Å²) in [4.78, 5) is 31.6. The summed E-state index contributed by atoms with van der Waals surface area (Å²) in [6, 6.07) is 8.79. The Morgan fingerprint density at radius 1 is 1.03 bits per heavy atom. The molecule has 0 aromatic heterocycles. The van der Waals surface area contributed by atoms with Gasteiger partial charge in [-0.3, -0.25) is 19.4 Å². The number of amides is 2. The summed E-state index contributed by atoms with van der Waals surface area (Å²) in [5, 5.41) is 3.38. The highest BCUT2D eigenvalue weighted by Gasteiger charge is 2.49. The fourth-order valence-electron chi connectivity index (χ4n) is 4.90. The molecule has 7 heteroatoms. The molecule has 2 aliphatic heterocycles. The molecule has 0 radical (unpaired) electrons. The number of nitrogens with one attached hydrogen (secondary N) is 1. The zero-order valence-corrected chi connectivity index (χ0v) is 19.2. The van der Waals surface area contributed by atoms with Crippen LogP contribution in [0.15, 0.2) is 24.3 Å². The molecule has 2 amide bonds. The van der Waals surface area contributed by atoms with Crippen molar-refractivity contribution in [1.82, 2.24) is 15.1 Å². The molecule has 2 saturated heterocycles. The SMILES string of the molecule is CC1(NC2CC2)CC(=O)N(CCCN2CCN(c3ccccc3OCC3CC3)CC2)C1=O. The van der Waals surface area contributed by atoms with E-state index < -0.39 is 5.54 Å². The van der Waals surface area contributed by atoms with Crippen molar-refractivity contribution in [3.8, 4) is 5.75 Å². The second-order valence-corrected chi connectivity index (χ2v) is 10.2. The minimum Gasteiger partial charge on any atom is -0.491 e. The summed E-state index contributed by atoms with van der Waals surface area (Å²) >= 11 is 0. The van der Waals surface area contributed by atoms with Crippen molar-refractivity contribution in [2.45, 2.75) is 57.0 Å². The van der Waals surface area contributed by atoms with E-state index in [1.807, 2.05) is 13.0 Å². The monoisotopic (exact) mass is 440 g/mol. The van der Waals surface area contributed by atoms with Crippen molar-refractivity contribution in [3.05, 3.63) is 24.3 Å². The van der Waals surface area contributed by atoms with Crippen LogP contribution in [-0.2, 0) is 9.59 Å². The molecule has 174 valence electrons. The lowest BCUT2D eigenvalue weighted by atomic mass is 10.0. The van der Waals surface area contributed by atoms with Crippen LogP contribution in [0.25, 0.3) is 0 Å². The predicted molar refractivity (Wildman–Crippen MR) is 124 cm³/mol. The number of carbonyl (C=O) groups is 2. The van der Waals surface area contributed by atoms with E-state index in [4.69, 9.17) is 4.74 Å². The van der Waals surface area contributed by atoms with Crippen molar-refractivity contribution in [2.24, 2.45) is 5.92 Å². The number of para-hydroxylation sites is 2. The summed E-state index contributed by atoms with van der Waals surface area (Å²) in [5.74, 6) is 1.68. The number of carbonyl (C=O) groups excluding carboxylic acids is 2. The van der Waals surface area contributed by atoms with Gasteiger partial charge in [0, 0.05) is 38.8 Å². The Balaban J connectivity index is 1.07. The third-order valence-electron chi connectivity index (χ3n) is 7.23. The first kappa shape index (κ1) is 21.7. The third-order valence-corrected chi connectivity index (χ3v) is 7.23. The summed E-state index contributed by atoms with van der Waals surface area (Å²) in [7, 11) is 0. The van der Waals surface area contributed by atoms with E-state index in [-0.39, 0.29) is 11.8 Å². The summed E-state index contributed by atoms with van der Waals surface area (Å²) < 4.78 is 6.10. The number of anilines is 1. The Morgan fingerprint density at radius 2 is 1.78 bits per heavy atom. The van der Waals surface area contributed by atoms with E-state index in [1.165, 1.54) is 23.4 Å². The van der Waals surface area contributed by atoms with Crippen LogP contribution in [0, 0.1) is 5.92 Å². The molecule has 0 bridgehead atoms. The van der Waals surface area contributed by atoms with Gasteiger partial charge in [0.25, 0.3) is 0 Å². The lowest BCUT2D eigenvalue weighted by molar-refractivity contribution is -0.140. The van der Waals surface area contributed by atoms with E-state index in [9.17, 15) is 9.59 Å². The van der Waals surface area contributed by atoms with E-state index in [0.717, 1.165) is 70.3 Å². The maximum atomic E-state index is 12.8. The van der Waals surface area contributed by atoms with E-state index >= 15 is 0 Å². The number of piperazine rings is 1. The van der Waals surface area contributed by atoms with Gasteiger partial charge in [-0.05, 0) is 63.6 Å². The second-order valence-electron chi connectivity index (χ2n) is 10.2. The van der Waals surface area contributed by atoms with Crippen molar-refractivity contribution in [1.29, 1.82) is 0 Å². The van der Waals surface area contributed by atoms with Gasteiger partial charge in [-0.1, -0.05) is 12.1 Å². The average Bonchev–Trinajstić information content (AvgIpc) is 3.71. The maximum absolute atomic E-state index is 12.8. The molecule has 0 spiro atoms. The van der Waals surface area contributed by atoms with Crippen molar-refractivity contribution in [2.75, 3.05) is 50.8 Å². The van der Waals surface area contributed by atoms with Gasteiger partial charge in [-0.2, -0.15) is 0 Å². The number of rotatable bonds is 10. The van der Waals surface area contributed by atoms with Crippen molar-refractivity contribution >= 4 is 17.5 Å². The molecule has 4 aliphatic rings. The molecule has 1 aromatic rings. The van der Waals surface area contributed by atoms with Crippen LogP contribution in [0.4, 0.5) is 5.69 Å². The quantitative estimate of drug-likeness (QED) is 0.563. The number of imide groups is 1. The number of benzene rings is 1. The van der Waals surface area contributed by atoms with Crippen LogP contribution in [0.1, 0.15) is 45.4 Å². The van der Waals surface area contributed by atoms with Crippen LogP contribution in [0.3, 0.4) is 0 Å². The van der Waals surface area contributed by atoms with Crippen LogP contribution >= 0.6 is 0 Å². The van der Waals surface area contributed by atoms with E-state index in [1.54, 1.807) is 0 Å². The van der Waals surface area contributed by atoms with Gasteiger partial charge in [0.05, 0.1) is 18.7 Å². The predicted octanol–water partition coefficient (Wildman–Crippen LogP) is 2.26. The molecule has 1 atom stereocenters. The Labute approximate surface area is 191 Å². The minimum atomic E-state index is -0.696. The van der Waals surface area contributed by atoms with Crippen molar-refractivity contribution in [3.63, 3.8) is 0 Å². The maximum Gasteiger partial charge on any atom is 0.249 e. The first-order valence-corrected chi connectivity index (χ1v) is 12.3. The largest absolute Gasteiger partial charge is 0.491 e. The Bertz CT molecular complexity index is 845. The fourth-order valence-corrected chi connectivity index (χ4v) is 4.90. The first-order valence-electron chi connectivity index (χ1n) is 12.3. The molecular weight excluding hydrogens is 404 g/mol. The molecule has 1 N–H and O–H groups in total. The number of ether oxygens (including phenoxy) is 1. The lowest BCUT2D eigenvalue weighted by Gasteiger charge is -2.37. The Morgan fingerprint density at radius 3 is 2.50 bits per heavy atom. The summed E-state index contributed by atoms with van der Waals surface area (Å²) in [6.45, 7) is 8.06. The number of nitrogens with zero attached hydrogens (tertiary/aromatic N) is 3. The van der Waals surface area contributed by atoms with Gasteiger partial charge < -0.3 is 15.0 Å². The van der Waals surface area contributed by atoms with Crippen LogP contribution < -0.4 is 15.0 Å². The highest BCUT2D eigenvalue weighted by Crippen LogP contribution is 2.34. The Kier molecular flexibility index (Phi) is 6.12. The van der Waals surface area contributed by atoms with Crippen LogP contribution in [0.2, 0.25) is 0 Å². The molecule has 2 aliphatic carbocycles. The number of hydrogen-bond donors (Lipinski definition) is 1. The van der Waals surface area contributed by atoms with Gasteiger partial charge in [0.15, 0.2) is 0 Å². The zero-order valence-electron chi connectivity index (χ0n) is 19.2. The number of hydrogen-bond acceptors (Lipinski definition) is 6. The van der Waals surface area contributed by atoms with Crippen molar-refractivity contribution < 1.29 is 14.3 Å². The zero-order chi connectivity index (χ0) is 22.1. The smallest absolute Gasteiger partial charge is 0.249 e. The first-order chi connectivity index (χ1) is 15.5. The molecule has 1 unspecified atom stereocenters. The number of likely N-dealkylation sites (tertiary alicyclic amines) is 1. The normalized spacial score (nSPS) is 26.8. The molecule has 32 heavy (non-hydrogen) atoms. The van der Waals surface area contributed by atoms with Gasteiger partial charge in [-0.25, -0.2) is 0 Å². The lowest BCUT2D eigenvalue weighted by Crippen LogP contribution is -2.50. The summed E-state index contributed by atoms with van der Waals surface area (Å²) in [5.41, 5.74) is 0.502. The molecule has 2 saturated carbocycles. The molecule has 2 heterocycles. The van der Waals surface area contributed by atoms with E-state index in [2.05, 4.69) is 33.3 Å².